The maximum absolute atomic E-state index is 2.42. The van der Waals surface area contributed by atoms with Crippen LogP contribution < -0.4 is 0 Å². The lowest BCUT2D eigenvalue weighted by molar-refractivity contribution is 0.176. The van der Waals surface area contributed by atoms with E-state index in [1.807, 2.05) is 0 Å². The molecule has 0 heteroatoms. The molecule has 0 N–H and O–H groups in total. The Kier molecular flexibility index (Phi) is 5.67. The third kappa shape index (κ3) is 4.69. The number of hydrogen-bond acceptors (Lipinski definition) is 0. The molecule has 0 radical (unpaired) electrons. The van der Waals surface area contributed by atoms with Crippen molar-refractivity contribution in [2.75, 3.05) is 0 Å². The summed E-state index contributed by atoms with van der Waals surface area (Å²) in [7, 11) is 0. The first-order valence-electron chi connectivity index (χ1n) is 5.94. The normalized spacial score (nSPS) is 15.0. The van der Waals surface area contributed by atoms with E-state index >= 15 is 0 Å². The Hall–Kier alpha value is 0. The summed E-state index contributed by atoms with van der Waals surface area (Å²) >= 11 is 0. The summed E-state index contributed by atoms with van der Waals surface area (Å²) in [4.78, 5) is 0. The first-order valence-corrected chi connectivity index (χ1v) is 5.94. The van der Waals surface area contributed by atoms with Crippen molar-refractivity contribution in [2.45, 2.75) is 67.2 Å². The molecule has 0 amide bonds. The highest BCUT2D eigenvalue weighted by Crippen LogP contribution is 2.36. The Morgan fingerprint density at radius 1 is 1.00 bits per heavy atom. The van der Waals surface area contributed by atoms with Gasteiger partial charge in [-0.25, -0.2) is 0 Å². The van der Waals surface area contributed by atoms with Gasteiger partial charge in [-0.3, -0.25) is 0 Å². The minimum atomic E-state index is 0.545. The summed E-state index contributed by atoms with van der Waals surface area (Å²) in [6, 6.07) is 0. The van der Waals surface area contributed by atoms with E-state index in [2.05, 4.69) is 41.5 Å². The molecule has 0 aromatic carbocycles. The zero-order valence-electron chi connectivity index (χ0n) is 10.5. The second-order valence-electron chi connectivity index (χ2n) is 5.42. The van der Waals surface area contributed by atoms with Gasteiger partial charge >= 0.3 is 0 Å². The molecule has 0 aliphatic carbocycles. The van der Waals surface area contributed by atoms with Gasteiger partial charge in [-0.05, 0) is 23.7 Å². The van der Waals surface area contributed by atoms with Crippen LogP contribution in [-0.4, -0.2) is 0 Å². The van der Waals surface area contributed by atoms with E-state index in [9.17, 15) is 0 Å². The van der Waals surface area contributed by atoms with Crippen molar-refractivity contribution in [2.24, 2.45) is 17.3 Å². The van der Waals surface area contributed by atoms with Crippen LogP contribution in [0.3, 0.4) is 0 Å². The minimum Gasteiger partial charge on any atom is -0.0651 e. The van der Waals surface area contributed by atoms with Crippen molar-refractivity contribution in [3.8, 4) is 0 Å². The Balaban J connectivity index is 4.02. The van der Waals surface area contributed by atoms with Gasteiger partial charge < -0.3 is 0 Å². The first kappa shape index (κ1) is 13.0. The van der Waals surface area contributed by atoms with Crippen LogP contribution in [0, 0.1) is 17.3 Å². The minimum absolute atomic E-state index is 0.545. The predicted octanol–water partition coefficient (Wildman–Crippen LogP) is 4.89. The van der Waals surface area contributed by atoms with Crippen LogP contribution in [0.15, 0.2) is 0 Å². The fourth-order valence-corrected chi connectivity index (χ4v) is 1.97. The maximum Gasteiger partial charge on any atom is -0.0329 e. The van der Waals surface area contributed by atoms with Crippen LogP contribution in [0.1, 0.15) is 67.2 Å². The SMILES string of the molecule is CCC(CCC(C)C)C(C)(C)CC. The van der Waals surface area contributed by atoms with Gasteiger partial charge in [0.15, 0.2) is 0 Å². The third-order valence-corrected chi connectivity index (χ3v) is 3.60. The summed E-state index contributed by atoms with van der Waals surface area (Å²) in [5, 5.41) is 0. The van der Waals surface area contributed by atoms with Gasteiger partial charge in [-0.1, -0.05) is 60.8 Å². The monoisotopic (exact) mass is 184 g/mol. The summed E-state index contributed by atoms with van der Waals surface area (Å²) in [6.45, 7) is 14.1. The van der Waals surface area contributed by atoms with Crippen molar-refractivity contribution >= 4 is 0 Å². The van der Waals surface area contributed by atoms with Gasteiger partial charge in [-0.15, -0.1) is 0 Å². The number of rotatable bonds is 6. The molecule has 80 valence electrons. The van der Waals surface area contributed by atoms with Gasteiger partial charge in [0.2, 0.25) is 0 Å². The molecule has 0 aliphatic heterocycles. The molecular formula is C13H28. The first-order chi connectivity index (χ1) is 5.94. The molecule has 0 bridgehead atoms. The van der Waals surface area contributed by atoms with Crippen LogP contribution in [0.5, 0.6) is 0 Å². The smallest absolute Gasteiger partial charge is 0.0329 e. The molecule has 0 saturated heterocycles. The summed E-state index contributed by atoms with van der Waals surface area (Å²) in [6.07, 6.45) is 5.45. The van der Waals surface area contributed by atoms with Gasteiger partial charge in [-0.2, -0.15) is 0 Å². The topological polar surface area (TPSA) is 0 Å². The number of hydrogen-bond donors (Lipinski definition) is 0. The van der Waals surface area contributed by atoms with Crippen molar-refractivity contribution in [1.29, 1.82) is 0 Å². The lowest BCUT2D eigenvalue weighted by Gasteiger charge is -2.33. The van der Waals surface area contributed by atoms with Crippen LogP contribution in [0.2, 0.25) is 0 Å². The van der Waals surface area contributed by atoms with Crippen LogP contribution in [0.25, 0.3) is 0 Å². The van der Waals surface area contributed by atoms with E-state index in [-0.39, 0.29) is 0 Å². The highest BCUT2D eigenvalue weighted by atomic mass is 14.3. The lowest BCUT2D eigenvalue weighted by atomic mass is 9.72. The Labute approximate surface area is 85.1 Å². The average Bonchev–Trinajstić information content (AvgIpc) is 2.04. The summed E-state index contributed by atoms with van der Waals surface area (Å²) in [5.41, 5.74) is 0.545. The molecule has 0 rings (SSSR count). The van der Waals surface area contributed by atoms with E-state index in [1.165, 1.54) is 25.7 Å². The summed E-state index contributed by atoms with van der Waals surface area (Å²) in [5.74, 6) is 1.78. The summed E-state index contributed by atoms with van der Waals surface area (Å²) < 4.78 is 0. The molecular weight excluding hydrogens is 156 g/mol. The van der Waals surface area contributed by atoms with Gasteiger partial charge in [0.25, 0.3) is 0 Å². The molecule has 0 spiro atoms. The molecule has 1 unspecified atom stereocenters. The standard InChI is InChI=1S/C13H28/c1-7-12(10-9-11(3)4)13(5,6)8-2/h11-12H,7-10H2,1-6H3. The Morgan fingerprint density at radius 2 is 1.54 bits per heavy atom. The highest BCUT2D eigenvalue weighted by Gasteiger charge is 2.25. The molecule has 0 aromatic rings. The molecule has 0 nitrogen and oxygen atoms in total. The highest BCUT2D eigenvalue weighted by molar-refractivity contribution is 4.76. The zero-order valence-corrected chi connectivity index (χ0v) is 10.5. The second-order valence-corrected chi connectivity index (χ2v) is 5.42. The molecule has 0 aromatic heterocycles. The van der Waals surface area contributed by atoms with Gasteiger partial charge in [0.1, 0.15) is 0 Å². The zero-order chi connectivity index (χ0) is 10.5. The molecule has 0 fully saturated rings. The maximum atomic E-state index is 2.42. The second kappa shape index (κ2) is 5.67. The van der Waals surface area contributed by atoms with Crippen molar-refractivity contribution in [1.82, 2.24) is 0 Å². The average molecular weight is 184 g/mol. The van der Waals surface area contributed by atoms with Crippen LogP contribution >= 0.6 is 0 Å². The quantitative estimate of drug-likeness (QED) is 0.551. The van der Waals surface area contributed by atoms with E-state index in [1.54, 1.807) is 0 Å². The fraction of sp³-hybridized carbons (Fsp3) is 1.00. The molecule has 13 heavy (non-hydrogen) atoms. The van der Waals surface area contributed by atoms with Crippen LogP contribution in [0.4, 0.5) is 0 Å². The van der Waals surface area contributed by atoms with E-state index in [0.29, 0.717) is 5.41 Å². The Bertz CT molecular complexity index is 122. The van der Waals surface area contributed by atoms with Crippen LogP contribution in [-0.2, 0) is 0 Å². The van der Waals surface area contributed by atoms with E-state index < -0.39 is 0 Å². The molecule has 0 saturated carbocycles. The van der Waals surface area contributed by atoms with Crippen molar-refractivity contribution in [3.05, 3.63) is 0 Å². The van der Waals surface area contributed by atoms with E-state index in [4.69, 9.17) is 0 Å². The molecule has 0 aliphatic rings. The van der Waals surface area contributed by atoms with Crippen molar-refractivity contribution in [3.63, 3.8) is 0 Å². The van der Waals surface area contributed by atoms with Gasteiger partial charge in [0.05, 0.1) is 0 Å². The third-order valence-electron chi connectivity index (χ3n) is 3.60. The lowest BCUT2D eigenvalue weighted by Crippen LogP contribution is -2.23. The fourth-order valence-electron chi connectivity index (χ4n) is 1.97. The predicted molar refractivity (Wildman–Crippen MR) is 61.9 cm³/mol. The largest absolute Gasteiger partial charge is 0.0651 e. The molecule has 1 atom stereocenters. The Morgan fingerprint density at radius 3 is 1.85 bits per heavy atom. The van der Waals surface area contributed by atoms with E-state index in [0.717, 1.165) is 11.8 Å². The molecule has 0 heterocycles. The van der Waals surface area contributed by atoms with Gasteiger partial charge in [0, 0.05) is 0 Å². The van der Waals surface area contributed by atoms with Crippen molar-refractivity contribution < 1.29 is 0 Å².